The Bertz CT molecular complexity index is 825. The number of guanidine groups is 1. The number of thiazole rings is 1. The van der Waals surface area contributed by atoms with Crippen LogP contribution in [-0.4, -0.2) is 48.4 Å². The first-order valence-corrected chi connectivity index (χ1v) is 11.2. The number of furan rings is 1. The fourth-order valence-electron chi connectivity index (χ4n) is 3.37. The fraction of sp³-hybridized carbons (Fsp3) is 0.571. The number of aromatic nitrogens is 1. The van der Waals surface area contributed by atoms with Crippen LogP contribution >= 0.6 is 35.3 Å². The molecule has 2 aromatic heterocycles. The first kappa shape index (κ1) is 24.6. The second-order valence-corrected chi connectivity index (χ2v) is 8.49. The van der Waals surface area contributed by atoms with Gasteiger partial charge in [-0.15, -0.1) is 35.3 Å². The van der Waals surface area contributed by atoms with E-state index in [1.54, 1.807) is 6.07 Å². The van der Waals surface area contributed by atoms with E-state index in [0.717, 1.165) is 42.5 Å². The molecule has 0 radical (unpaired) electrons. The predicted octanol–water partition coefficient (Wildman–Crippen LogP) is 3.76. The van der Waals surface area contributed by atoms with E-state index in [1.807, 2.05) is 25.3 Å². The molecule has 1 aliphatic carbocycles. The number of carbonyl (C=O) groups is 1. The van der Waals surface area contributed by atoms with Crippen LogP contribution in [0.5, 0.6) is 0 Å². The van der Waals surface area contributed by atoms with Gasteiger partial charge in [0.1, 0.15) is 5.01 Å². The standard InChI is InChI=1S/C21H31N5O2S.HI/c1-4-22-21(24-12-7-11-23-20(27)19-15(2)10-13-28-19)26(3)14-18-25-16-8-5-6-9-17(16)29-18;/h10,13H,4-9,11-12,14H2,1-3H3,(H,22,24)(H,23,27);1H. The summed E-state index contributed by atoms with van der Waals surface area (Å²) >= 11 is 1.84. The maximum atomic E-state index is 12.1. The third-order valence-electron chi connectivity index (χ3n) is 4.91. The van der Waals surface area contributed by atoms with Crippen LogP contribution in [0, 0.1) is 6.92 Å². The summed E-state index contributed by atoms with van der Waals surface area (Å²) in [5.41, 5.74) is 2.15. The molecular formula is C21H32IN5O2S. The van der Waals surface area contributed by atoms with E-state index in [-0.39, 0.29) is 29.9 Å². The van der Waals surface area contributed by atoms with Crippen molar-refractivity contribution in [1.29, 1.82) is 0 Å². The summed E-state index contributed by atoms with van der Waals surface area (Å²) in [5, 5.41) is 7.39. The van der Waals surface area contributed by atoms with Gasteiger partial charge in [-0.2, -0.15) is 0 Å². The predicted molar refractivity (Wildman–Crippen MR) is 132 cm³/mol. The van der Waals surface area contributed by atoms with Crippen LogP contribution in [0.25, 0.3) is 0 Å². The number of nitrogens with zero attached hydrogens (tertiary/aromatic N) is 3. The Hall–Kier alpha value is -1.62. The molecule has 1 aliphatic rings. The van der Waals surface area contributed by atoms with Crippen molar-refractivity contribution < 1.29 is 9.21 Å². The van der Waals surface area contributed by atoms with Crippen molar-refractivity contribution >= 4 is 47.2 Å². The van der Waals surface area contributed by atoms with E-state index in [9.17, 15) is 4.79 Å². The van der Waals surface area contributed by atoms with Gasteiger partial charge < -0.3 is 20.0 Å². The summed E-state index contributed by atoms with van der Waals surface area (Å²) in [5.74, 6) is 1.08. The van der Waals surface area contributed by atoms with E-state index in [0.29, 0.717) is 18.8 Å². The Morgan fingerprint density at radius 1 is 1.33 bits per heavy atom. The van der Waals surface area contributed by atoms with Crippen molar-refractivity contribution in [2.75, 3.05) is 26.7 Å². The van der Waals surface area contributed by atoms with Gasteiger partial charge in [-0.3, -0.25) is 9.79 Å². The molecule has 0 unspecified atom stereocenters. The lowest BCUT2D eigenvalue weighted by Gasteiger charge is -2.21. The largest absolute Gasteiger partial charge is 0.459 e. The minimum atomic E-state index is -0.173. The summed E-state index contributed by atoms with van der Waals surface area (Å²) in [6, 6.07) is 1.79. The Labute approximate surface area is 199 Å². The lowest BCUT2D eigenvalue weighted by Crippen LogP contribution is -2.38. The van der Waals surface area contributed by atoms with Gasteiger partial charge in [0.15, 0.2) is 11.7 Å². The molecule has 7 nitrogen and oxygen atoms in total. The molecular weight excluding hydrogens is 513 g/mol. The molecule has 0 saturated carbocycles. The second kappa shape index (κ2) is 12.3. The summed E-state index contributed by atoms with van der Waals surface area (Å²) in [6.45, 7) is 6.70. The minimum Gasteiger partial charge on any atom is -0.459 e. The number of hydrogen-bond donors (Lipinski definition) is 2. The zero-order chi connectivity index (χ0) is 20.6. The Morgan fingerprint density at radius 3 is 2.83 bits per heavy atom. The topological polar surface area (TPSA) is 82.8 Å². The molecule has 166 valence electrons. The molecule has 2 aromatic rings. The zero-order valence-corrected chi connectivity index (χ0v) is 21.1. The SMILES string of the molecule is CCNC(=NCCCNC(=O)c1occc1C)N(C)Cc1nc2c(s1)CCCC2.I. The van der Waals surface area contributed by atoms with Crippen molar-refractivity contribution in [2.24, 2.45) is 4.99 Å². The second-order valence-electron chi connectivity index (χ2n) is 7.32. The lowest BCUT2D eigenvalue weighted by molar-refractivity contribution is 0.0925. The molecule has 9 heteroatoms. The Morgan fingerprint density at radius 2 is 2.13 bits per heavy atom. The third-order valence-corrected chi connectivity index (χ3v) is 6.05. The summed E-state index contributed by atoms with van der Waals surface area (Å²) in [4.78, 5) is 25.2. The van der Waals surface area contributed by atoms with Gasteiger partial charge in [0, 0.05) is 37.1 Å². The average molecular weight is 545 g/mol. The van der Waals surface area contributed by atoms with Crippen LogP contribution in [0.3, 0.4) is 0 Å². The fourth-order valence-corrected chi connectivity index (χ4v) is 4.58. The minimum absolute atomic E-state index is 0. The molecule has 0 saturated heterocycles. The summed E-state index contributed by atoms with van der Waals surface area (Å²) < 4.78 is 5.21. The molecule has 0 aromatic carbocycles. The molecule has 30 heavy (non-hydrogen) atoms. The molecule has 0 bridgehead atoms. The lowest BCUT2D eigenvalue weighted by atomic mass is 10.0. The first-order chi connectivity index (χ1) is 14.1. The number of amides is 1. The molecule has 2 N–H and O–H groups in total. The number of hydrogen-bond acceptors (Lipinski definition) is 5. The van der Waals surface area contributed by atoms with Crippen LogP contribution in [0.2, 0.25) is 0 Å². The number of rotatable bonds is 8. The van der Waals surface area contributed by atoms with Gasteiger partial charge in [0.2, 0.25) is 0 Å². The molecule has 0 spiro atoms. The first-order valence-electron chi connectivity index (χ1n) is 10.4. The number of fused-ring (bicyclic) bond motifs is 1. The maximum absolute atomic E-state index is 12.1. The highest BCUT2D eigenvalue weighted by molar-refractivity contribution is 14.0. The number of halogens is 1. The van der Waals surface area contributed by atoms with Gasteiger partial charge in [-0.25, -0.2) is 4.98 Å². The highest BCUT2D eigenvalue weighted by Crippen LogP contribution is 2.27. The summed E-state index contributed by atoms with van der Waals surface area (Å²) in [7, 11) is 2.04. The Kier molecular flexibility index (Phi) is 10.1. The van der Waals surface area contributed by atoms with Crippen LogP contribution in [0.1, 0.15) is 57.9 Å². The zero-order valence-electron chi connectivity index (χ0n) is 18.0. The quantitative estimate of drug-likeness (QED) is 0.229. The van der Waals surface area contributed by atoms with E-state index in [2.05, 4.69) is 22.5 Å². The molecule has 1 amide bonds. The van der Waals surface area contributed by atoms with Crippen molar-refractivity contribution in [3.05, 3.63) is 39.2 Å². The van der Waals surface area contributed by atoms with E-state index < -0.39 is 0 Å². The number of carbonyl (C=O) groups excluding carboxylic acids is 1. The molecule has 0 atom stereocenters. The van der Waals surface area contributed by atoms with E-state index in [4.69, 9.17) is 14.4 Å². The molecule has 3 rings (SSSR count). The van der Waals surface area contributed by atoms with Crippen molar-refractivity contribution in [1.82, 2.24) is 20.5 Å². The van der Waals surface area contributed by atoms with E-state index >= 15 is 0 Å². The average Bonchev–Trinajstić information content (AvgIpc) is 3.31. The Balaban J connectivity index is 0.00000320. The van der Waals surface area contributed by atoms with Crippen LogP contribution < -0.4 is 10.6 Å². The van der Waals surface area contributed by atoms with Gasteiger partial charge >= 0.3 is 0 Å². The number of nitrogens with one attached hydrogen (secondary N) is 2. The van der Waals surface area contributed by atoms with Crippen molar-refractivity contribution in [2.45, 2.75) is 52.5 Å². The van der Waals surface area contributed by atoms with Gasteiger partial charge in [-0.1, -0.05) is 0 Å². The number of aliphatic imine (C=N–C) groups is 1. The molecule has 0 aliphatic heterocycles. The monoisotopic (exact) mass is 545 g/mol. The third kappa shape index (κ3) is 6.69. The molecule has 0 fully saturated rings. The maximum Gasteiger partial charge on any atom is 0.287 e. The highest BCUT2D eigenvalue weighted by Gasteiger charge is 2.17. The smallest absolute Gasteiger partial charge is 0.287 e. The number of aryl methyl sites for hydroxylation is 3. The van der Waals surface area contributed by atoms with Gasteiger partial charge in [0.05, 0.1) is 18.5 Å². The van der Waals surface area contributed by atoms with Crippen LogP contribution in [-0.2, 0) is 19.4 Å². The van der Waals surface area contributed by atoms with Crippen molar-refractivity contribution in [3.63, 3.8) is 0 Å². The van der Waals surface area contributed by atoms with Crippen LogP contribution in [0.15, 0.2) is 21.7 Å². The molecule has 2 heterocycles. The van der Waals surface area contributed by atoms with Gasteiger partial charge in [-0.05, 0) is 52.0 Å². The highest BCUT2D eigenvalue weighted by atomic mass is 127. The van der Waals surface area contributed by atoms with Crippen molar-refractivity contribution in [3.8, 4) is 0 Å². The van der Waals surface area contributed by atoms with Gasteiger partial charge in [0.25, 0.3) is 5.91 Å². The summed E-state index contributed by atoms with van der Waals surface area (Å²) in [6.07, 6.45) is 7.13. The normalized spacial score (nSPS) is 13.4. The van der Waals surface area contributed by atoms with E-state index in [1.165, 1.54) is 36.1 Å². The van der Waals surface area contributed by atoms with Crippen LogP contribution in [0.4, 0.5) is 0 Å².